The zero-order valence-electron chi connectivity index (χ0n) is 12.7. The van der Waals surface area contributed by atoms with E-state index in [1.807, 2.05) is 24.3 Å². The van der Waals surface area contributed by atoms with Crippen molar-refractivity contribution in [3.05, 3.63) is 83.7 Å². The fourth-order valence-corrected chi connectivity index (χ4v) is 4.19. The summed E-state index contributed by atoms with van der Waals surface area (Å²) in [6.07, 6.45) is 0.839. The first-order valence-electron chi connectivity index (χ1n) is 7.53. The van der Waals surface area contributed by atoms with Gasteiger partial charge in [-0.1, -0.05) is 42.5 Å². The van der Waals surface area contributed by atoms with E-state index in [0.717, 1.165) is 29.2 Å². The molecule has 4 rings (SSSR count). The SMILES string of the molecule is O=S(=O)(Nc1ccc2c(c1)-c1ccccc1C2)c1ccccc1F. The van der Waals surface area contributed by atoms with Gasteiger partial charge in [-0.25, -0.2) is 12.8 Å². The Morgan fingerprint density at radius 1 is 0.833 bits per heavy atom. The molecule has 3 aromatic rings. The van der Waals surface area contributed by atoms with Gasteiger partial charge in [0, 0.05) is 5.69 Å². The molecule has 0 fully saturated rings. The number of fused-ring (bicyclic) bond motifs is 3. The van der Waals surface area contributed by atoms with Crippen LogP contribution in [0.3, 0.4) is 0 Å². The summed E-state index contributed by atoms with van der Waals surface area (Å²) in [6.45, 7) is 0. The Hall–Kier alpha value is -2.66. The monoisotopic (exact) mass is 339 g/mol. The predicted octanol–water partition coefficient (Wildman–Crippen LogP) is 4.20. The fourth-order valence-electron chi connectivity index (χ4n) is 3.06. The second-order valence-corrected chi connectivity index (χ2v) is 7.39. The quantitative estimate of drug-likeness (QED) is 0.608. The van der Waals surface area contributed by atoms with Crippen molar-refractivity contribution in [3.8, 4) is 11.1 Å². The number of rotatable bonds is 3. The standard InChI is InChI=1S/C19H14FNO2S/c20-18-7-3-4-8-19(18)24(22,23)21-15-10-9-14-11-13-5-1-2-6-16(13)17(14)12-15/h1-10,12,21H,11H2. The molecule has 0 bridgehead atoms. The molecule has 1 N–H and O–H groups in total. The van der Waals surface area contributed by atoms with Gasteiger partial charge in [0.15, 0.2) is 0 Å². The van der Waals surface area contributed by atoms with E-state index in [0.29, 0.717) is 5.69 Å². The molecule has 1 aliphatic carbocycles. The van der Waals surface area contributed by atoms with E-state index in [9.17, 15) is 12.8 Å². The zero-order valence-corrected chi connectivity index (χ0v) is 13.5. The van der Waals surface area contributed by atoms with Crippen LogP contribution in [-0.4, -0.2) is 8.42 Å². The summed E-state index contributed by atoms with van der Waals surface area (Å²) in [5.41, 5.74) is 4.93. The van der Waals surface area contributed by atoms with Crippen molar-refractivity contribution in [1.29, 1.82) is 0 Å². The molecule has 3 nitrogen and oxygen atoms in total. The smallest absolute Gasteiger partial charge is 0.264 e. The van der Waals surface area contributed by atoms with Crippen LogP contribution in [0, 0.1) is 5.82 Å². The molecule has 0 unspecified atom stereocenters. The van der Waals surface area contributed by atoms with E-state index in [2.05, 4.69) is 10.8 Å². The number of benzene rings is 3. The highest BCUT2D eigenvalue weighted by Crippen LogP contribution is 2.38. The largest absolute Gasteiger partial charge is 0.280 e. The Morgan fingerprint density at radius 2 is 1.54 bits per heavy atom. The van der Waals surface area contributed by atoms with Gasteiger partial charge >= 0.3 is 0 Å². The van der Waals surface area contributed by atoms with Crippen LogP contribution in [0.1, 0.15) is 11.1 Å². The van der Waals surface area contributed by atoms with Crippen molar-refractivity contribution < 1.29 is 12.8 Å². The van der Waals surface area contributed by atoms with Crippen LogP contribution in [0.5, 0.6) is 0 Å². The highest BCUT2D eigenvalue weighted by molar-refractivity contribution is 7.92. The van der Waals surface area contributed by atoms with Crippen LogP contribution >= 0.6 is 0 Å². The van der Waals surface area contributed by atoms with E-state index in [1.54, 1.807) is 12.1 Å². The van der Waals surface area contributed by atoms with E-state index < -0.39 is 15.8 Å². The molecule has 120 valence electrons. The summed E-state index contributed by atoms with van der Waals surface area (Å²) >= 11 is 0. The van der Waals surface area contributed by atoms with E-state index in [-0.39, 0.29) is 4.90 Å². The predicted molar refractivity (Wildman–Crippen MR) is 91.9 cm³/mol. The first-order chi connectivity index (χ1) is 11.5. The minimum atomic E-state index is -3.96. The van der Waals surface area contributed by atoms with Crippen molar-refractivity contribution in [2.75, 3.05) is 4.72 Å². The van der Waals surface area contributed by atoms with E-state index in [1.165, 1.54) is 23.8 Å². The minimum Gasteiger partial charge on any atom is -0.280 e. The van der Waals surface area contributed by atoms with Gasteiger partial charge in [-0.15, -0.1) is 0 Å². The van der Waals surface area contributed by atoms with Crippen molar-refractivity contribution in [3.63, 3.8) is 0 Å². The Kier molecular flexibility index (Phi) is 3.39. The van der Waals surface area contributed by atoms with Gasteiger partial charge in [-0.05, 0) is 52.9 Å². The number of anilines is 1. The van der Waals surface area contributed by atoms with Gasteiger partial charge in [-0.3, -0.25) is 4.72 Å². The van der Waals surface area contributed by atoms with Crippen molar-refractivity contribution in [2.24, 2.45) is 0 Å². The third kappa shape index (κ3) is 2.47. The molecule has 0 saturated heterocycles. The first kappa shape index (κ1) is 14.9. The molecule has 0 amide bonds. The van der Waals surface area contributed by atoms with Gasteiger partial charge in [0.1, 0.15) is 10.7 Å². The number of nitrogens with one attached hydrogen (secondary N) is 1. The second-order valence-electron chi connectivity index (χ2n) is 5.74. The van der Waals surface area contributed by atoms with E-state index in [4.69, 9.17) is 0 Å². The Balaban J connectivity index is 1.72. The third-order valence-electron chi connectivity index (χ3n) is 4.18. The van der Waals surface area contributed by atoms with Crippen LogP contribution in [0.2, 0.25) is 0 Å². The number of hydrogen-bond donors (Lipinski definition) is 1. The van der Waals surface area contributed by atoms with Gasteiger partial charge in [0.25, 0.3) is 10.0 Å². The van der Waals surface area contributed by atoms with E-state index >= 15 is 0 Å². The lowest BCUT2D eigenvalue weighted by atomic mass is 10.1. The summed E-state index contributed by atoms with van der Waals surface area (Å²) in [6, 6.07) is 18.8. The molecule has 1 aliphatic rings. The van der Waals surface area contributed by atoms with Crippen LogP contribution in [-0.2, 0) is 16.4 Å². The maximum absolute atomic E-state index is 13.8. The Bertz CT molecular complexity index is 1040. The maximum Gasteiger partial charge on any atom is 0.264 e. The molecule has 3 aromatic carbocycles. The summed E-state index contributed by atoms with van der Waals surface area (Å²) in [7, 11) is -3.96. The summed E-state index contributed by atoms with van der Waals surface area (Å²) in [5, 5.41) is 0. The van der Waals surface area contributed by atoms with Gasteiger partial charge < -0.3 is 0 Å². The first-order valence-corrected chi connectivity index (χ1v) is 9.01. The van der Waals surface area contributed by atoms with Gasteiger partial charge in [0.05, 0.1) is 0 Å². The third-order valence-corrected chi connectivity index (χ3v) is 5.59. The Morgan fingerprint density at radius 3 is 2.38 bits per heavy atom. The molecule has 0 aliphatic heterocycles. The maximum atomic E-state index is 13.8. The molecule has 0 spiro atoms. The highest BCUT2D eigenvalue weighted by Gasteiger charge is 2.21. The Labute approximate surface area is 139 Å². The van der Waals surface area contributed by atoms with Crippen molar-refractivity contribution >= 4 is 15.7 Å². The summed E-state index contributed by atoms with van der Waals surface area (Å²) in [4.78, 5) is -0.356. The molecule has 0 atom stereocenters. The van der Waals surface area contributed by atoms with Crippen LogP contribution < -0.4 is 4.72 Å². The average Bonchev–Trinajstić information content (AvgIpc) is 2.93. The van der Waals surface area contributed by atoms with Crippen LogP contribution in [0.15, 0.2) is 71.6 Å². The molecule has 0 aromatic heterocycles. The lowest BCUT2D eigenvalue weighted by Crippen LogP contribution is -2.14. The van der Waals surface area contributed by atoms with Gasteiger partial charge in [-0.2, -0.15) is 0 Å². The van der Waals surface area contributed by atoms with Crippen molar-refractivity contribution in [2.45, 2.75) is 11.3 Å². The molecule has 0 saturated carbocycles. The highest BCUT2D eigenvalue weighted by atomic mass is 32.2. The fraction of sp³-hybridized carbons (Fsp3) is 0.0526. The molecule has 5 heteroatoms. The van der Waals surface area contributed by atoms with Crippen LogP contribution in [0.25, 0.3) is 11.1 Å². The normalized spacial score (nSPS) is 12.5. The topological polar surface area (TPSA) is 46.2 Å². The lowest BCUT2D eigenvalue weighted by Gasteiger charge is -2.10. The summed E-state index contributed by atoms with van der Waals surface area (Å²) < 4.78 is 41.1. The lowest BCUT2D eigenvalue weighted by molar-refractivity contribution is 0.570. The molecule has 0 heterocycles. The molecule has 0 radical (unpaired) electrons. The number of halogens is 1. The molecular weight excluding hydrogens is 325 g/mol. The van der Waals surface area contributed by atoms with Crippen LogP contribution in [0.4, 0.5) is 10.1 Å². The average molecular weight is 339 g/mol. The molecular formula is C19H14FNO2S. The number of sulfonamides is 1. The number of hydrogen-bond acceptors (Lipinski definition) is 2. The minimum absolute atomic E-state index is 0.356. The van der Waals surface area contributed by atoms with Gasteiger partial charge in [0.2, 0.25) is 0 Å². The summed E-state index contributed by atoms with van der Waals surface area (Å²) in [5.74, 6) is -0.767. The van der Waals surface area contributed by atoms with Crippen molar-refractivity contribution in [1.82, 2.24) is 0 Å². The zero-order chi connectivity index (χ0) is 16.7. The molecule has 24 heavy (non-hydrogen) atoms. The second kappa shape index (κ2) is 5.46.